The molecular formula is C30H23N5O3. The second kappa shape index (κ2) is 11.0. The normalized spacial score (nSPS) is 14.5. The minimum atomic E-state index is -0.550. The van der Waals surface area contributed by atoms with Crippen LogP contribution in [0.1, 0.15) is 17.0 Å². The summed E-state index contributed by atoms with van der Waals surface area (Å²) in [6, 6.07) is 34.6. The number of hydrogen-bond acceptors (Lipinski definition) is 6. The fourth-order valence-corrected chi connectivity index (χ4v) is 4.08. The number of anilines is 2. The summed E-state index contributed by atoms with van der Waals surface area (Å²) < 4.78 is 6.01. The van der Waals surface area contributed by atoms with E-state index in [0.717, 1.165) is 5.56 Å². The van der Waals surface area contributed by atoms with E-state index >= 15 is 0 Å². The molecule has 0 aromatic heterocycles. The molecule has 4 N–H and O–H groups in total. The molecule has 4 aromatic rings. The van der Waals surface area contributed by atoms with Gasteiger partial charge in [0.25, 0.3) is 5.91 Å². The number of nitriles is 1. The SMILES string of the molecule is N#CC1=C(/N=C(/NNc2ccccc2)C(=O)Nc2ccccc2)Oc2cc(O)ccc2C1c1ccccc1. The summed E-state index contributed by atoms with van der Waals surface area (Å²) >= 11 is 0. The highest BCUT2D eigenvalue weighted by molar-refractivity contribution is 6.42. The van der Waals surface area contributed by atoms with Crippen LogP contribution in [0.15, 0.2) is 126 Å². The van der Waals surface area contributed by atoms with Crippen LogP contribution in [-0.2, 0) is 4.79 Å². The predicted octanol–water partition coefficient (Wildman–Crippen LogP) is 5.31. The van der Waals surface area contributed by atoms with Gasteiger partial charge in [-0.1, -0.05) is 72.8 Å². The van der Waals surface area contributed by atoms with Crippen LogP contribution in [-0.4, -0.2) is 16.8 Å². The maximum absolute atomic E-state index is 13.3. The zero-order chi connectivity index (χ0) is 26.3. The molecular weight excluding hydrogens is 478 g/mol. The van der Waals surface area contributed by atoms with Gasteiger partial charge in [0.1, 0.15) is 23.1 Å². The predicted molar refractivity (Wildman–Crippen MR) is 145 cm³/mol. The molecule has 1 unspecified atom stereocenters. The van der Waals surface area contributed by atoms with Gasteiger partial charge < -0.3 is 15.2 Å². The number of phenols is 1. The summed E-state index contributed by atoms with van der Waals surface area (Å²) in [7, 11) is 0. The number of nitrogens with zero attached hydrogens (tertiary/aromatic N) is 2. The van der Waals surface area contributed by atoms with Gasteiger partial charge in [-0.05, 0) is 35.9 Å². The van der Waals surface area contributed by atoms with Gasteiger partial charge in [0.15, 0.2) is 0 Å². The van der Waals surface area contributed by atoms with Crippen LogP contribution in [0.4, 0.5) is 11.4 Å². The Morgan fingerprint density at radius 3 is 2.16 bits per heavy atom. The van der Waals surface area contributed by atoms with Gasteiger partial charge in [-0.2, -0.15) is 10.3 Å². The van der Waals surface area contributed by atoms with Crippen LogP contribution in [0.2, 0.25) is 0 Å². The fourth-order valence-electron chi connectivity index (χ4n) is 4.08. The highest BCUT2D eigenvalue weighted by atomic mass is 16.5. The number of rotatable bonds is 5. The van der Waals surface area contributed by atoms with Crippen molar-refractivity contribution in [3.8, 4) is 17.6 Å². The summed E-state index contributed by atoms with van der Waals surface area (Å²) in [5.41, 5.74) is 8.86. The third-order valence-corrected chi connectivity index (χ3v) is 5.85. The highest BCUT2D eigenvalue weighted by Crippen LogP contribution is 2.44. The third kappa shape index (κ3) is 5.32. The molecule has 4 aromatic carbocycles. The topological polar surface area (TPSA) is 119 Å². The van der Waals surface area contributed by atoms with Crippen molar-refractivity contribution in [3.63, 3.8) is 0 Å². The van der Waals surface area contributed by atoms with Crippen LogP contribution in [0.3, 0.4) is 0 Å². The molecule has 1 amide bonds. The molecule has 1 heterocycles. The van der Waals surface area contributed by atoms with Gasteiger partial charge in [-0.25, -0.2) is 0 Å². The maximum atomic E-state index is 13.3. The van der Waals surface area contributed by atoms with E-state index in [1.54, 1.807) is 36.4 Å². The first-order chi connectivity index (χ1) is 18.6. The van der Waals surface area contributed by atoms with Crippen LogP contribution in [0.5, 0.6) is 11.5 Å². The second-order valence-electron chi connectivity index (χ2n) is 8.40. The van der Waals surface area contributed by atoms with Crippen molar-refractivity contribution in [2.45, 2.75) is 5.92 Å². The van der Waals surface area contributed by atoms with E-state index in [0.29, 0.717) is 22.7 Å². The number of hydrazine groups is 1. The quantitative estimate of drug-likeness (QED) is 0.167. The molecule has 0 fully saturated rings. The highest BCUT2D eigenvalue weighted by Gasteiger charge is 2.32. The number of amides is 1. The number of benzene rings is 4. The number of hydrogen-bond donors (Lipinski definition) is 4. The Morgan fingerprint density at radius 1 is 0.868 bits per heavy atom. The zero-order valence-corrected chi connectivity index (χ0v) is 20.1. The Morgan fingerprint density at radius 2 is 1.50 bits per heavy atom. The van der Waals surface area contributed by atoms with Crippen LogP contribution < -0.4 is 20.9 Å². The van der Waals surface area contributed by atoms with Gasteiger partial charge in [0, 0.05) is 17.3 Å². The van der Waals surface area contributed by atoms with E-state index in [2.05, 4.69) is 27.2 Å². The lowest BCUT2D eigenvalue weighted by Gasteiger charge is -2.27. The summed E-state index contributed by atoms with van der Waals surface area (Å²) in [5, 5.41) is 23.1. The van der Waals surface area contributed by atoms with Crippen LogP contribution in [0, 0.1) is 11.3 Å². The number of aromatic hydroxyl groups is 1. The van der Waals surface area contributed by atoms with Crippen molar-refractivity contribution in [1.82, 2.24) is 5.43 Å². The first-order valence-corrected chi connectivity index (χ1v) is 11.8. The number of amidine groups is 1. The third-order valence-electron chi connectivity index (χ3n) is 5.85. The van der Waals surface area contributed by atoms with Crippen molar-refractivity contribution in [2.24, 2.45) is 4.99 Å². The lowest BCUT2D eigenvalue weighted by atomic mass is 9.83. The lowest BCUT2D eigenvalue weighted by Crippen LogP contribution is -2.39. The molecule has 0 saturated carbocycles. The van der Waals surface area contributed by atoms with Gasteiger partial charge in [0.2, 0.25) is 11.7 Å². The molecule has 0 aliphatic carbocycles. The Hall–Kier alpha value is -5.55. The van der Waals surface area contributed by atoms with Crippen molar-refractivity contribution < 1.29 is 14.6 Å². The molecule has 0 saturated heterocycles. The standard InChI is InChI=1S/C30H23N5O3/c31-19-25-27(20-10-4-1-5-11-20)24-17-16-23(36)18-26(24)38-30(25)33-28(35-34-22-14-8-3-9-15-22)29(37)32-21-12-6-2-7-13-21/h1-18,27,34,36H,(H,32,37)(H,33,35). The molecule has 1 aliphatic heterocycles. The number of para-hydroxylation sites is 2. The number of nitrogens with one attached hydrogen (secondary N) is 3. The van der Waals surface area contributed by atoms with E-state index in [1.807, 2.05) is 66.7 Å². The number of carbonyl (C=O) groups excluding carboxylic acids is 1. The Balaban J connectivity index is 1.58. The number of aliphatic imine (C=N–C) groups is 1. The first-order valence-electron chi connectivity index (χ1n) is 11.8. The molecule has 1 atom stereocenters. The average molecular weight is 502 g/mol. The van der Waals surface area contributed by atoms with Crippen LogP contribution >= 0.6 is 0 Å². The van der Waals surface area contributed by atoms with Gasteiger partial charge in [-0.3, -0.25) is 15.6 Å². The number of ether oxygens (including phenoxy) is 1. The second-order valence-corrected chi connectivity index (χ2v) is 8.40. The zero-order valence-electron chi connectivity index (χ0n) is 20.1. The molecule has 38 heavy (non-hydrogen) atoms. The molecule has 5 rings (SSSR count). The van der Waals surface area contributed by atoms with Gasteiger partial charge >= 0.3 is 0 Å². The fraction of sp³-hybridized carbons (Fsp3) is 0.0333. The Labute approximate surface area is 219 Å². The van der Waals surface area contributed by atoms with E-state index in [-0.39, 0.29) is 23.0 Å². The molecule has 8 heteroatoms. The summed E-state index contributed by atoms with van der Waals surface area (Å²) in [5.74, 6) is -0.896. The van der Waals surface area contributed by atoms with Crippen molar-refractivity contribution in [2.75, 3.05) is 10.7 Å². The number of phenolic OH excluding ortho intramolecular Hbond substituents is 1. The summed E-state index contributed by atoms with van der Waals surface area (Å²) in [4.78, 5) is 17.8. The smallest absolute Gasteiger partial charge is 0.292 e. The largest absolute Gasteiger partial charge is 0.508 e. The van der Waals surface area contributed by atoms with Gasteiger partial charge in [-0.15, -0.1) is 0 Å². The van der Waals surface area contributed by atoms with E-state index in [4.69, 9.17) is 4.74 Å². The van der Waals surface area contributed by atoms with E-state index in [1.165, 1.54) is 6.07 Å². The molecule has 0 spiro atoms. The molecule has 0 radical (unpaired) electrons. The van der Waals surface area contributed by atoms with Crippen molar-refractivity contribution >= 4 is 23.1 Å². The Bertz CT molecular complexity index is 1550. The molecule has 8 nitrogen and oxygen atoms in total. The monoisotopic (exact) mass is 501 g/mol. The Kier molecular flexibility index (Phi) is 7.00. The minimum Gasteiger partial charge on any atom is -0.508 e. The average Bonchev–Trinajstić information content (AvgIpc) is 2.95. The molecule has 1 aliphatic rings. The van der Waals surface area contributed by atoms with Crippen molar-refractivity contribution in [3.05, 3.63) is 132 Å². The van der Waals surface area contributed by atoms with E-state index in [9.17, 15) is 15.2 Å². The number of fused-ring (bicyclic) bond motifs is 1. The van der Waals surface area contributed by atoms with Crippen molar-refractivity contribution in [1.29, 1.82) is 5.26 Å². The summed E-state index contributed by atoms with van der Waals surface area (Å²) in [6.07, 6.45) is 0. The minimum absolute atomic E-state index is 0.00483. The molecule has 186 valence electrons. The summed E-state index contributed by atoms with van der Waals surface area (Å²) in [6.45, 7) is 0. The molecule has 0 bridgehead atoms. The van der Waals surface area contributed by atoms with E-state index < -0.39 is 11.8 Å². The number of allylic oxidation sites excluding steroid dienone is 1. The number of carbonyl (C=O) groups is 1. The lowest BCUT2D eigenvalue weighted by molar-refractivity contribution is -0.110. The first kappa shape index (κ1) is 24.2. The van der Waals surface area contributed by atoms with Gasteiger partial charge in [0.05, 0.1) is 11.6 Å². The van der Waals surface area contributed by atoms with Crippen LogP contribution in [0.25, 0.3) is 0 Å². The maximum Gasteiger partial charge on any atom is 0.292 e.